The van der Waals surface area contributed by atoms with Gasteiger partial charge in [0, 0.05) is 44.2 Å². The Bertz CT molecular complexity index is 677. The molecule has 0 unspecified atom stereocenters. The van der Waals surface area contributed by atoms with E-state index in [1.807, 2.05) is 12.4 Å². The maximum absolute atomic E-state index is 12.0. The van der Waals surface area contributed by atoms with Gasteiger partial charge in [-0.15, -0.1) is 10.2 Å². The number of carbonyl (C=O) groups is 1. The largest absolute Gasteiger partial charge is 0.416 e. The van der Waals surface area contributed by atoms with Gasteiger partial charge in [0.1, 0.15) is 5.82 Å². The first-order valence-corrected chi connectivity index (χ1v) is 8.78. The first kappa shape index (κ1) is 16.0. The normalized spacial score (nSPS) is 15.6. The van der Waals surface area contributed by atoms with E-state index in [1.165, 1.54) is 11.8 Å². The molecule has 0 bridgehead atoms. The van der Waals surface area contributed by atoms with Gasteiger partial charge in [-0.3, -0.25) is 4.79 Å². The maximum Gasteiger partial charge on any atom is 0.277 e. The van der Waals surface area contributed by atoms with Crippen LogP contribution in [0.5, 0.6) is 0 Å². The lowest BCUT2D eigenvalue weighted by Gasteiger charge is -2.18. The number of hydrogen-bond donors (Lipinski definition) is 1. The summed E-state index contributed by atoms with van der Waals surface area (Å²) in [7, 11) is 0. The fourth-order valence-corrected chi connectivity index (χ4v) is 3.16. The van der Waals surface area contributed by atoms with Crippen LogP contribution in [0.4, 0.5) is 0 Å². The zero-order valence-electron chi connectivity index (χ0n) is 13.4. The molecule has 2 aromatic heterocycles. The number of thioether (sulfide) groups is 1. The van der Waals surface area contributed by atoms with Crippen molar-refractivity contribution in [2.24, 2.45) is 5.41 Å². The van der Waals surface area contributed by atoms with E-state index in [1.54, 1.807) is 6.92 Å². The quantitative estimate of drug-likeness (QED) is 0.741. The molecule has 124 valence electrons. The summed E-state index contributed by atoms with van der Waals surface area (Å²) in [6.45, 7) is 5.47. The highest BCUT2D eigenvalue weighted by Crippen LogP contribution is 2.46. The number of imidazole rings is 1. The third-order valence-electron chi connectivity index (χ3n) is 4.08. The molecule has 1 fully saturated rings. The van der Waals surface area contributed by atoms with Crippen LogP contribution in [-0.4, -0.2) is 38.0 Å². The van der Waals surface area contributed by atoms with Crippen LogP contribution in [-0.2, 0) is 17.8 Å². The molecule has 8 heteroatoms. The molecular formula is C15H21N5O2S. The van der Waals surface area contributed by atoms with Crippen molar-refractivity contribution in [2.45, 2.75) is 44.9 Å². The Hall–Kier alpha value is -1.83. The molecule has 23 heavy (non-hydrogen) atoms. The zero-order chi connectivity index (χ0) is 16.3. The molecule has 0 atom stereocenters. The third-order valence-corrected chi connectivity index (χ3v) is 4.89. The van der Waals surface area contributed by atoms with Gasteiger partial charge in [0.05, 0.1) is 5.75 Å². The summed E-state index contributed by atoms with van der Waals surface area (Å²) >= 11 is 1.26. The highest BCUT2D eigenvalue weighted by molar-refractivity contribution is 7.99. The maximum atomic E-state index is 12.0. The zero-order valence-corrected chi connectivity index (χ0v) is 14.2. The molecule has 1 aliphatic rings. The highest BCUT2D eigenvalue weighted by Gasteiger charge is 2.43. The molecule has 1 aliphatic carbocycles. The SMILES string of the molecule is CCc1nccn1CC1(CNC(=O)CSc2nnc(C)o2)CC1. The Morgan fingerprint density at radius 1 is 1.48 bits per heavy atom. The molecule has 0 spiro atoms. The van der Waals surface area contributed by atoms with E-state index in [2.05, 4.69) is 32.0 Å². The van der Waals surface area contributed by atoms with Crippen LogP contribution in [0.15, 0.2) is 22.0 Å². The van der Waals surface area contributed by atoms with Crippen LogP contribution in [0.1, 0.15) is 31.5 Å². The summed E-state index contributed by atoms with van der Waals surface area (Å²) in [5.74, 6) is 1.91. The van der Waals surface area contributed by atoms with Gasteiger partial charge in [-0.25, -0.2) is 4.98 Å². The number of aromatic nitrogens is 4. The van der Waals surface area contributed by atoms with Crippen molar-refractivity contribution in [3.05, 3.63) is 24.1 Å². The third kappa shape index (κ3) is 4.13. The predicted molar refractivity (Wildman–Crippen MR) is 86.0 cm³/mol. The van der Waals surface area contributed by atoms with Crippen molar-refractivity contribution in [2.75, 3.05) is 12.3 Å². The van der Waals surface area contributed by atoms with E-state index in [0.717, 1.165) is 31.6 Å². The monoisotopic (exact) mass is 335 g/mol. The van der Waals surface area contributed by atoms with Crippen LogP contribution in [0, 0.1) is 12.3 Å². The molecule has 0 aliphatic heterocycles. The van der Waals surface area contributed by atoms with E-state index >= 15 is 0 Å². The van der Waals surface area contributed by atoms with Crippen molar-refractivity contribution in [1.29, 1.82) is 0 Å². The second kappa shape index (κ2) is 6.74. The number of carbonyl (C=O) groups excluding carboxylic acids is 1. The van der Waals surface area contributed by atoms with Crippen molar-refractivity contribution in [3.8, 4) is 0 Å². The van der Waals surface area contributed by atoms with Gasteiger partial charge >= 0.3 is 0 Å². The van der Waals surface area contributed by atoms with E-state index in [4.69, 9.17) is 4.42 Å². The van der Waals surface area contributed by atoms with Crippen LogP contribution in [0.3, 0.4) is 0 Å². The molecule has 1 saturated carbocycles. The number of rotatable bonds is 8. The van der Waals surface area contributed by atoms with Gasteiger partial charge in [0.15, 0.2) is 0 Å². The van der Waals surface area contributed by atoms with Crippen molar-refractivity contribution in [3.63, 3.8) is 0 Å². The van der Waals surface area contributed by atoms with Gasteiger partial charge in [-0.05, 0) is 12.8 Å². The van der Waals surface area contributed by atoms with Crippen molar-refractivity contribution in [1.82, 2.24) is 25.1 Å². The topological polar surface area (TPSA) is 85.8 Å². The molecule has 1 N–H and O–H groups in total. The van der Waals surface area contributed by atoms with E-state index in [9.17, 15) is 4.79 Å². The van der Waals surface area contributed by atoms with Gasteiger partial charge in [-0.2, -0.15) is 0 Å². The lowest BCUT2D eigenvalue weighted by molar-refractivity contribution is -0.118. The predicted octanol–water partition coefficient (Wildman–Crippen LogP) is 1.83. The molecule has 0 saturated heterocycles. The highest BCUT2D eigenvalue weighted by atomic mass is 32.2. The Balaban J connectivity index is 1.45. The molecule has 2 aromatic rings. The van der Waals surface area contributed by atoms with E-state index in [-0.39, 0.29) is 11.3 Å². The average molecular weight is 335 g/mol. The molecule has 1 amide bonds. The summed E-state index contributed by atoms with van der Waals surface area (Å²) in [4.78, 5) is 16.3. The summed E-state index contributed by atoms with van der Waals surface area (Å²) in [5.41, 5.74) is 0.187. The summed E-state index contributed by atoms with van der Waals surface area (Å²) in [5, 5.41) is 11.1. The number of nitrogens with one attached hydrogen (secondary N) is 1. The minimum absolute atomic E-state index is 0.00141. The summed E-state index contributed by atoms with van der Waals surface area (Å²) < 4.78 is 7.44. The van der Waals surface area contributed by atoms with Gasteiger partial charge in [-0.1, -0.05) is 18.7 Å². The van der Waals surface area contributed by atoms with Crippen LogP contribution >= 0.6 is 11.8 Å². The lowest BCUT2D eigenvalue weighted by atomic mass is 10.1. The van der Waals surface area contributed by atoms with Crippen LogP contribution in [0.2, 0.25) is 0 Å². The first-order chi connectivity index (χ1) is 11.1. The summed E-state index contributed by atoms with van der Waals surface area (Å²) in [6.07, 6.45) is 7.08. The van der Waals surface area contributed by atoms with E-state index in [0.29, 0.717) is 23.4 Å². The number of amides is 1. The number of nitrogens with zero attached hydrogens (tertiary/aromatic N) is 4. The molecule has 0 radical (unpaired) electrons. The molecule has 7 nitrogen and oxygen atoms in total. The molecule has 0 aromatic carbocycles. The fourth-order valence-electron chi connectivity index (χ4n) is 2.53. The van der Waals surface area contributed by atoms with Gasteiger partial charge < -0.3 is 14.3 Å². The van der Waals surface area contributed by atoms with Gasteiger partial charge in [0.25, 0.3) is 5.22 Å². The lowest BCUT2D eigenvalue weighted by Crippen LogP contribution is -2.33. The number of hydrogen-bond acceptors (Lipinski definition) is 6. The van der Waals surface area contributed by atoms with Crippen LogP contribution in [0.25, 0.3) is 0 Å². The Morgan fingerprint density at radius 2 is 2.30 bits per heavy atom. The fraction of sp³-hybridized carbons (Fsp3) is 0.600. The Labute approximate surface area is 139 Å². The van der Waals surface area contributed by atoms with Crippen molar-refractivity contribution < 1.29 is 9.21 Å². The minimum Gasteiger partial charge on any atom is -0.416 e. The molecular weight excluding hydrogens is 314 g/mol. The van der Waals surface area contributed by atoms with Crippen LogP contribution < -0.4 is 5.32 Å². The molecule has 2 heterocycles. The van der Waals surface area contributed by atoms with Gasteiger partial charge in [0.2, 0.25) is 11.8 Å². The molecule has 3 rings (SSSR count). The second-order valence-corrected chi connectivity index (χ2v) is 6.90. The second-order valence-electron chi connectivity index (χ2n) is 5.98. The van der Waals surface area contributed by atoms with E-state index < -0.39 is 0 Å². The Kier molecular flexibility index (Phi) is 4.70. The van der Waals surface area contributed by atoms with Crippen molar-refractivity contribution >= 4 is 17.7 Å². The smallest absolute Gasteiger partial charge is 0.277 e. The standard InChI is InChI=1S/C15H21N5O2S/c1-3-12-16-6-7-20(12)10-15(4-5-15)9-17-13(21)8-23-14-19-18-11(2)22-14/h6-7H,3-5,8-10H2,1-2H3,(H,17,21). The summed E-state index contributed by atoms with van der Waals surface area (Å²) in [6, 6.07) is 0. The first-order valence-electron chi connectivity index (χ1n) is 7.80. The minimum atomic E-state index is -0.00141. The Morgan fingerprint density at radius 3 is 2.96 bits per heavy atom. The average Bonchev–Trinajstić information content (AvgIpc) is 2.94. The number of aryl methyl sites for hydroxylation is 2.